The molecule has 28 heavy (non-hydrogen) atoms. The number of carbonyl (C=O) groups excluding carboxylic acids is 1. The van der Waals surface area contributed by atoms with Crippen LogP contribution in [0.3, 0.4) is 0 Å². The van der Waals surface area contributed by atoms with Crippen molar-refractivity contribution < 1.29 is 9.53 Å². The molecule has 5 heteroatoms. The summed E-state index contributed by atoms with van der Waals surface area (Å²) >= 11 is 1.58. The van der Waals surface area contributed by atoms with Gasteiger partial charge in [0.1, 0.15) is 5.75 Å². The van der Waals surface area contributed by atoms with Gasteiger partial charge in [-0.1, -0.05) is 72.8 Å². The third-order valence-electron chi connectivity index (χ3n) is 4.12. The highest BCUT2D eigenvalue weighted by Crippen LogP contribution is 2.35. The summed E-state index contributed by atoms with van der Waals surface area (Å²) in [4.78, 5) is 12.3. The second-order valence-corrected chi connectivity index (χ2v) is 7.14. The summed E-state index contributed by atoms with van der Waals surface area (Å²) in [6.07, 6.45) is 1.59. The van der Waals surface area contributed by atoms with E-state index in [1.54, 1.807) is 25.1 Å². The molecule has 3 aromatic rings. The van der Waals surface area contributed by atoms with Gasteiger partial charge in [-0.3, -0.25) is 4.79 Å². The molecular weight excluding hydrogens is 368 g/mol. The predicted octanol–water partition coefficient (Wildman–Crippen LogP) is 4.67. The number of methoxy groups -OCH3 is 1. The van der Waals surface area contributed by atoms with Crippen molar-refractivity contribution in [2.24, 2.45) is 5.10 Å². The van der Waals surface area contributed by atoms with Gasteiger partial charge in [0.05, 0.1) is 24.3 Å². The molecule has 0 atom stereocenters. The number of hydrogen-bond donors (Lipinski definition) is 1. The van der Waals surface area contributed by atoms with Crippen LogP contribution in [-0.4, -0.2) is 25.0 Å². The minimum absolute atomic E-state index is 0.0892. The maximum absolute atomic E-state index is 12.3. The van der Waals surface area contributed by atoms with Crippen LogP contribution in [0.25, 0.3) is 0 Å². The SMILES string of the molecule is COc1ccccc1/C=N/NC(=O)CSC(c1ccccc1)c1ccccc1. The van der Waals surface area contributed by atoms with E-state index in [-0.39, 0.29) is 11.2 Å². The Balaban J connectivity index is 1.62. The van der Waals surface area contributed by atoms with Crippen molar-refractivity contribution in [1.29, 1.82) is 0 Å². The number of nitrogens with one attached hydrogen (secondary N) is 1. The molecule has 4 nitrogen and oxygen atoms in total. The van der Waals surface area contributed by atoms with E-state index >= 15 is 0 Å². The molecule has 3 aromatic carbocycles. The Hall–Kier alpha value is -3.05. The van der Waals surface area contributed by atoms with Crippen LogP contribution in [0.15, 0.2) is 90.0 Å². The van der Waals surface area contributed by atoms with Crippen LogP contribution in [0.1, 0.15) is 21.9 Å². The van der Waals surface area contributed by atoms with Gasteiger partial charge in [-0.05, 0) is 23.3 Å². The van der Waals surface area contributed by atoms with Crippen LogP contribution >= 0.6 is 11.8 Å². The minimum Gasteiger partial charge on any atom is -0.496 e. The lowest BCUT2D eigenvalue weighted by Crippen LogP contribution is -2.20. The summed E-state index contributed by atoms with van der Waals surface area (Å²) in [5, 5.41) is 4.14. The fourth-order valence-corrected chi connectivity index (χ4v) is 3.86. The summed E-state index contributed by atoms with van der Waals surface area (Å²) < 4.78 is 5.27. The predicted molar refractivity (Wildman–Crippen MR) is 116 cm³/mol. The first-order valence-corrected chi connectivity index (χ1v) is 9.99. The molecule has 0 spiro atoms. The van der Waals surface area contributed by atoms with Gasteiger partial charge < -0.3 is 4.74 Å². The zero-order valence-electron chi connectivity index (χ0n) is 15.6. The van der Waals surface area contributed by atoms with E-state index in [2.05, 4.69) is 34.8 Å². The lowest BCUT2D eigenvalue weighted by molar-refractivity contribution is -0.118. The second-order valence-electron chi connectivity index (χ2n) is 6.05. The number of carbonyl (C=O) groups is 1. The smallest absolute Gasteiger partial charge is 0.250 e. The Labute approximate surface area is 169 Å². The Kier molecular flexibility index (Phi) is 7.27. The van der Waals surface area contributed by atoms with Gasteiger partial charge in [0, 0.05) is 5.56 Å². The first kappa shape index (κ1) is 19.7. The number of ether oxygens (including phenoxy) is 1. The van der Waals surface area contributed by atoms with Crippen LogP contribution in [0.5, 0.6) is 5.75 Å². The highest BCUT2D eigenvalue weighted by Gasteiger charge is 2.16. The molecule has 0 radical (unpaired) electrons. The van der Waals surface area contributed by atoms with Gasteiger partial charge in [0.15, 0.2) is 0 Å². The molecule has 0 bridgehead atoms. The summed E-state index contributed by atoms with van der Waals surface area (Å²) in [5.74, 6) is 0.869. The van der Waals surface area contributed by atoms with Crippen molar-refractivity contribution in [2.75, 3.05) is 12.9 Å². The number of benzene rings is 3. The van der Waals surface area contributed by atoms with Crippen molar-refractivity contribution in [3.63, 3.8) is 0 Å². The molecule has 0 fully saturated rings. The van der Waals surface area contributed by atoms with E-state index in [1.807, 2.05) is 60.7 Å². The fraction of sp³-hybridized carbons (Fsp3) is 0.130. The molecule has 0 heterocycles. The van der Waals surface area contributed by atoms with Crippen LogP contribution in [-0.2, 0) is 4.79 Å². The molecule has 1 amide bonds. The summed E-state index contributed by atoms with van der Waals surface area (Å²) in [7, 11) is 1.61. The summed E-state index contributed by atoms with van der Waals surface area (Å²) in [6.45, 7) is 0. The lowest BCUT2D eigenvalue weighted by Gasteiger charge is -2.17. The molecule has 0 aromatic heterocycles. The van der Waals surface area contributed by atoms with Gasteiger partial charge in [-0.2, -0.15) is 5.10 Å². The van der Waals surface area contributed by atoms with Crippen molar-refractivity contribution in [3.8, 4) is 5.75 Å². The van der Waals surface area contributed by atoms with Crippen molar-refractivity contribution in [1.82, 2.24) is 5.43 Å². The molecule has 0 saturated carbocycles. The van der Waals surface area contributed by atoms with Gasteiger partial charge in [0.2, 0.25) is 5.91 Å². The van der Waals surface area contributed by atoms with E-state index in [9.17, 15) is 4.79 Å². The highest BCUT2D eigenvalue weighted by molar-refractivity contribution is 8.00. The van der Waals surface area contributed by atoms with Crippen LogP contribution in [0.4, 0.5) is 0 Å². The normalized spacial score (nSPS) is 10.9. The number of hydrogen-bond acceptors (Lipinski definition) is 4. The molecule has 0 aliphatic carbocycles. The van der Waals surface area contributed by atoms with Crippen molar-refractivity contribution >= 4 is 23.9 Å². The summed E-state index contributed by atoms with van der Waals surface area (Å²) in [6, 6.07) is 27.9. The van der Waals surface area contributed by atoms with Crippen LogP contribution < -0.4 is 10.2 Å². The largest absolute Gasteiger partial charge is 0.496 e. The number of nitrogens with zero attached hydrogens (tertiary/aromatic N) is 1. The number of rotatable bonds is 8. The number of amides is 1. The van der Waals surface area contributed by atoms with Crippen molar-refractivity contribution in [2.45, 2.75) is 5.25 Å². The standard InChI is InChI=1S/C23H22N2O2S/c1-27-21-15-9-8-14-20(21)16-24-25-22(26)17-28-23(18-10-4-2-5-11-18)19-12-6-3-7-13-19/h2-16,23H,17H2,1H3,(H,25,26)/b24-16+. The van der Waals surface area contributed by atoms with Gasteiger partial charge >= 0.3 is 0 Å². The maximum Gasteiger partial charge on any atom is 0.250 e. The monoisotopic (exact) mass is 390 g/mol. The number of hydrazone groups is 1. The lowest BCUT2D eigenvalue weighted by atomic mass is 10.0. The first-order valence-electron chi connectivity index (χ1n) is 8.94. The average molecular weight is 391 g/mol. The highest BCUT2D eigenvalue weighted by atomic mass is 32.2. The average Bonchev–Trinajstić information content (AvgIpc) is 2.76. The quantitative estimate of drug-likeness (QED) is 0.449. The Morgan fingerprint density at radius 2 is 1.54 bits per heavy atom. The maximum atomic E-state index is 12.3. The molecule has 0 aliphatic heterocycles. The summed E-state index contributed by atoms with van der Waals surface area (Å²) in [5.41, 5.74) is 5.75. The van der Waals surface area contributed by atoms with E-state index in [0.29, 0.717) is 11.5 Å². The first-order chi connectivity index (χ1) is 13.8. The van der Waals surface area contributed by atoms with E-state index in [4.69, 9.17) is 4.74 Å². The molecule has 142 valence electrons. The molecule has 1 N–H and O–H groups in total. The van der Waals surface area contributed by atoms with E-state index < -0.39 is 0 Å². The van der Waals surface area contributed by atoms with E-state index in [0.717, 1.165) is 5.56 Å². The third kappa shape index (κ3) is 5.47. The number of para-hydroxylation sites is 1. The second kappa shape index (κ2) is 10.3. The third-order valence-corrected chi connectivity index (χ3v) is 5.42. The zero-order valence-corrected chi connectivity index (χ0v) is 16.4. The van der Waals surface area contributed by atoms with Crippen molar-refractivity contribution in [3.05, 3.63) is 102 Å². The molecule has 0 saturated heterocycles. The van der Waals surface area contributed by atoms with Gasteiger partial charge in [-0.25, -0.2) is 5.43 Å². The molecule has 0 aliphatic rings. The van der Waals surface area contributed by atoms with Gasteiger partial charge in [-0.15, -0.1) is 11.8 Å². The molecular formula is C23H22N2O2S. The Morgan fingerprint density at radius 1 is 0.964 bits per heavy atom. The van der Waals surface area contributed by atoms with Crippen LogP contribution in [0.2, 0.25) is 0 Å². The van der Waals surface area contributed by atoms with Gasteiger partial charge in [0.25, 0.3) is 0 Å². The van der Waals surface area contributed by atoms with E-state index in [1.165, 1.54) is 11.1 Å². The zero-order chi connectivity index (χ0) is 19.6. The Bertz CT molecular complexity index is 875. The molecule has 0 unspecified atom stereocenters. The Morgan fingerprint density at radius 3 is 2.14 bits per heavy atom. The minimum atomic E-state index is -0.145. The van der Waals surface area contributed by atoms with Crippen LogP contribution in [0, 0.1) is 0 Å². The topological polar surface area (TPSA) is 50.7 Å². The number of thioether (sulfide) groups is 1. The molecule has 3 rings (SSSR count). The fourth-order valence-electron chi connectivity index (χ4n) is 2.78.